The fraction of sp³-hybridized carbons (Fsp3) is 0.741. The molecule has 222 valence electrons. The highest BCUT2D eigenvalue weighted by atomic mass is 31.2. The molecule has 2 fully saturated rings. The van der Waals surface area contributed by atoms with Crippen LogP contribution in [0.15, 0.2) is 24.8 Å². The van der Waals surface area contributed by atoms with Crippen molar-refractivity contribution >= 4 is 25.6 Å². The first-order chi connectivity index (χ1) is 18.5. The van der Waals surface area contributed by atoms with Crippen LogP contribution in [0.4, 0.5) is 0 Å². The molecule has 2 amide bonds. The van der Waals surface area contributed by atoms with E-state index in [9.17, 15) is 18.9 Å². The summed E-state index contributed by atoms with van der Waals surface area (Å²) < 4.78 is 31.9. The van der Waals surface area contributed by atoms with Gasteiger partial charge in [-0.2, -0.15) is 0 Å². The zero-order valence-electron chi connectivity index (χ0n) is 23.0. The molecule has 0 spiro atoms. The topological polar surface area (TPSA) is 149 Å². The number of carbonyl (C=O) groups excluding carboxylic acids is 3. The van der Waals surface area contributed by atoms with Crippen LogP contribution in [-0.2, 0) is 37.7 Å². The first kappa shape index (κ1) is 33.3. The predicted octanol–water partition coefficient (Wildman–Crippen LogP) is 3.69. The molecule has 0 aromatic carbocycles. The second-order valence-corrected chi connectivity index (χ2v) is 11.4. The number of carbonyl (C=O) groups is 3. The summed E-state index contributed by atoms with van der Waals surface area (Å²) in [6.45, 7) is 10.1. The molecule has 0 aliphatic carbocycles. The summed E-state index contributed by atoms with van der Waals surface area (Å²) in [5.74, 6) is -2.29. The van der Waals surface area contributed by atoms with Crippen LogP contribution >= 0.6 is 7.82 Å². The van der Waals surface area contributed by atoms with Crippen molar-refractivity contribution in [2.45, 2.75) is 76.7 Å². The number of ether oxygens (including phenoxy) is 3. The summed E-state index contributed by atoms with van der Waals surface area (Å²) in [4.78, 5) is 56.0. The third kappa shape index (κ3) is 10.6. The zero-order valence-corrected chi connectivity index (χ0v) is 23.9. The standard InChI is InChI=1S/C27H44NO10P/c1-4-27(20-35-16-12-10-8-6-5-7-9-11-13-18-38-39(32,33)34)23-22(19-37-27)24(29)28(25(23)30)15-14-17-36-26(31)21(2)3/h4,22-23H,1-2,5-20H2,3H3,(H2,32,33,34). The number of likely N-dealkylation sites (tertiary alicyclic amines) is 1. The van der Waals surface area contributed by atoms with Gasteiger partial charge in [-0.25, -0.2) is 9.36 Å². The molecule has 0 aromatic rings. The molecule has 0 saturated carbocycles. The molecule has 0 aromatic heterocycles. The Kier molecular flexibility index (Phi) is 14.0. The lowest BCUT2D eigenvalue weighted by Crippen LogP contribution is -2.44. The van der Waals surface area contributed by atoms with E-state index in [4.69, 9.17) is 24.0 Å². The van der Waals surface area contributed by atoms with E-state index >= 15 is 0 Å². The molecule has 2 aliphatic heterocycles. The lowest BCUT2D eigenvalue weighted by atomic mass is 9.83. The van der Waals surface area contributed by atoms with E-state index in [0.29, 0.717) is 25.0 Å². The van der Waals surface area contributed by atoms with E-state index in [0.717, 1.165) is 51.4 Å². The maximum absolute atomic E-state index is 13.1. The Hall–Kier alpha value is -1.88. The van der Waals surface area contributed by atoms with E-state index in [1.807, 2.05) is 0 Å². The van der Waals surface area contributed by atoms with Crippen LogP contribution < -0.4 is 0 Å². The van der Waals surface area contributed by atoms with Crippen LogP contribution in [0.3, 0.4) is 0 Å². The van der Waals surface area contributed by atoms with E-state index in [1.54, 1.807) is 13.0 Å². The Morgan fingerprint density at radius 3 is 2.18 bits per heavy atom. The van der Waals surface area contributed by atoms with Crippen LogP contribution in [0.1, 0.15) is 71.1 Å². The molecule has 0 bridgehead atoms. The first-order valence-electron chi connectivity index (χ1n) is 13.8. The second kappa shape index (κ2) is 16.4. The van der Waals surface area contributed by atoms with Crippen molar-refractivity contribution in [3.8, 4) is 0 Å². The van der Waals surface area contributed by atoms with E-state index < -0.39 is 31.2 Å². The summed E-state index contributed by atoms with van der Waals surface area (Å²) >= 11 is 0. The number of rotatable bonds is 21. The molecule has 12 heteroatoms. The van der Waals surface area contributed by atoms with Gasteiger partial charge in [0.15, 0.2) is 0 Å². The smallest absolute Gasteiger partial charge is 0.462 e. The number of nitrogens with zero attached hydrogens (tertiary/aromatic N) is 1. The fourth-order valence-corrected chi connectivity index (χ4v) is 5.28. The quantitative estimate of drug-likeness (QED) is 0.0520. The van der Waals surface area contributed by atoms with Crippen molar-refractivity contribution < 1.29 is 47.5 Å². The highest BCUT2D eigenvalue weighted by Crippen LogP contribution is 2.44. The number of hydrogen-bond donors (Lipinski definition) is 2. The average Bonchev–Trinajstić information content (AvgIpc) is 3.37. The summed E-state index contributed by atoms with van der Waals surface area (Å²) in [6, 6.07) is 0. The molecule has 2 rings (SSSR count). The number of imide groups is 1. The summed E-state index contributed by atoms with van der Waals surface area (Å²) in [6.07, 6.45) is 10.8. The lowest BCUT2D eigenvalue weighted by Gasteiger charge is -2.30. The van der Waals surface area contributed by atoms with Crippen molar-refractivity contribution in [1.82, 2.24) is 4.90 Å². The SMILES string of the molecule is C=CC1(COCCCCCCCCCCCOP(=O)(O)O)OCC2C(=O)N(CCCOC(=O)C(=C)C)C(=O)C21. The summed E-state index contributed by atoms with van der Waals surface area (Å²) in [7, 11) is -4.35. The Labute approximate surface area is 231 Å². The summed E-state index contributed by atoms with van der Waals surface area (Å²) in [5.41, 5.74) is -0.737. The largest absolute Gasteiger partial charge is 0.469 e. The molecule has 3 unspecified atom stereocenters. The van der Waals surface area contributed by atoms with Crippen molar-refractivity contribution in [3.63, 3.8) is 0 Å². The molecule has 2 heterocycles. The molecule has 2 aliphatic rings. The molecule has 11 nitrogen and oxygen atoms in total. The Bertz CT molecular complexity index is 903. The highest BCUT2D eigenvalue weighted by molar-refractivity contribution is 7.46. The van der Waals surface area contributed by atoms with Gasteiger partial charge in [0.2, 0.25) is 11.8 Å². The Balaban J connectivity index is 1.60. The maximum Gasteiger partial charge on any atom is 0.469 e. The third-order valence-corrected chi connectivity index (χ3v) is 7.57. The molecule has 39 heavy (non-hydrogen) atoms. The number of hydrogen-bond acceptors (Lipinski definition) is 8. The number of phosphoric acid groups is 1. The van der Waals surface area contributed by atoms with Gasteiger partial charge in [0.1, 0.15) is 5.60 Å². The molecule has 2 saturated heterocycles. The number of esters is 1. The molecule has 0 radical (unpaired) electrons. The van der Waals surface area contributed by atoms with Crippen molar-refractivity contribution in [1.29, 1.82) is 0 Å². The van der Waals surface area contributed by atoms with Crippen LogP contribution in [0.2, 0.25) is 0 Å². The van der Waals surface area contributed by atoms with Gasteiger partial charge in [0.25, 0.3) is 0 Å². The van der Waals surface area contributed by atoms with Gasteiger partial charge in [0.05, 0.1) is 38.3 Å². The first-order valence-corrected chi connectivity index (χ1v) is 15.3. The van der Waals surface area contributed by atoms with Crippen LogP contribution in [0, 0.1) is 11.8 Å². The van der Waals surface area contributed by atoms with Gasteiger partial charge in [-0.15, -0.1) is 6.58 Å². The van der Waals surface area contributed by atoms with Crippen molar-refractivity contribution in [3.05, 3.63) is 24.8 Å². The summed E-state index contributed by atoms with van der Waals surface area (Å²) in [5, 5.41) is 0. The van der Waals surface area contributed by atoms with E-state index in [2.05, 4.69) is 17.7 Å². The minimum absolute atomic E-state index is 0.0847. The molecule has 3 atom stereocenters. The van der Waals surface area contributed by atoms with Crippen LogP contribution in [0.5, 0.6) is 0 Å². The number of phosphoric ester groups is 1. The third-order valence-electron chi connectivity index (χ3n) is 7.05. The normalized spacial score (nSPS) is 22.8. The Morgan fingerprint density at radius 2 is 1.62 bits per heavy atom. The van der Waals surface area contributed by atoms with Gasteiger partial charge in [-0.1, -0.05) is 57.6 Å². The minimum atomic E-state index is -4.35. The van der Waals surface area contributed by atoms with E-state index in [-0.39, 0.29) is 44.8 Å². The zero-order chi connectivity index (χ0) is 28.9. The van der Waals surface area contributed by atoms with Gasteiger partial charge in [0, 0.05) is 18.7 Å². The second-order valence-electron chi connectivity index (χ2n) is 10.2. The maximum atomic E-state index is 13.1. The minimum Gasteiger partial charge on any atom is -0.462 e. The molecule has 2 N–H and O–H groups in total. The van der Waals surface area contributed by atoms with Gasteiger partial charge < -0.3 is 24.0 Å². The van der Waals surface area contributed by atoms with Gasteiger partial charge >= 0.3 is 13.8 Å². The number of amides is 2. The van der Waals surface area contributed by atoms with Crippen LogP contribution in [0.25, 0.3) is 0 Å². The average molecular weight is 574 g/mol. The number of fused-ring (bicyclic) bond motifs is 1. The fourth-order valence-electron chi connectivity index (χ4n) is 4.91. The number of unbranched alkanes of at least 4 members (excludes halogenated alkanes) is 8. The van der Waals surface area contributed by atoms with E-state index in [1.165, 1.54) is 4.90 Å². The van der Waals surface area contributed by atoms with Gasteiger partial charge in [-0.05, 0) is 26.2 Å². The highest BCUT2D eigenvalue weighted by Gasteiger charge is 2.61. The van der Waals surface area contributed by atoms with Crippen molar-refractivity contribution in [2.24, 2.45) is 11.8 Å². The van der Waals surface area contributed by atoms with Crippen LogP contribution in [-0.4, -0.2) is 77.7 Å². The van der Waals surface area contributed by atoms with Gasteiger partial charge in [-0.3, -0.25) is 19.0 Å². The monoisotopic (exact) mass is 573 g/mol. The van der Waals surface area contributed by atoms with Crippen molar-refractivity contribution in [2.75, 3.05) is 39.6 Å². The molecular formula is C27H44NO10P. The lowest BCUT2D eigenvalue weighted by molar-refractivity contribution is -0.145. The Morgan fingerprint density at radius 1 is 1.03 bits per heavy atom. The molecular weight excluding hydrogens is 529 g/mol. The predicted molar refractivity (Wildman–Crippen MR) is 143 cm³/mol.